The topological polar surface area (TPSA) is 51.8 Å². The molecule has 21 heavy (non-hydrogen) atoms. The highest BCUT2D eigenvalue weighted by atomic mass is 35.5. The molecular weight excluding hydrogens is 289 g/mol. The summed E-state index contributed by atoms with van der Waals surface area (Å²) in [5, 5.41) is 0.0761. The van der Waals surface area contributed by atoms with Gasteiger partial charge in [0.25, 0.3) is 0 Å². The molecule has 2 rings (SSSR count). The van der Waals surface area contributed by atoms with Gasteiger partial charge in [-0.3, -0.25) is 0 Å². The molecule has 1 heterocycles. The van der Waals surface area contributed by atoms with Gasteiger partial charge in [0.05, 0.1) is 5.02 Å². The summed E-state index contributed by atoms with van der Waals surface area (Å²) in [6, 6.07) is 4.51. The van der Waals surface area contributed by atoms with Crippen LogP contribution in [0.25, 0.3) is 11.4 Å². The van der Waals surface area contributed by atoms with Gasteiger partial charge >= 0.3 is 0 Å². The van der Waals surface area contributed by atoms with E-state index in [9.17, 15) is 4.39 Å². The first-order valence-corrected chi connectivity index (χ1v) is 7.29. The lowest BCUT2D eigenvalue weighted by atomic mass is 9.99. The van der Waals surface area contributed by atoms with Crippen molar-refractivity contribution in [3.8, 4) is 11.4 Å². The van der Waals surface area contributed by atoms with Crippen LogP contribution in [0.3, 0.4) is 0 Å². The van der Waals surface area contributed by atoms with Crippen LogP contribution >= 0.6 is 11.6 Å². The fourth-order valence-electron chi connectivity index (χ4n) is 2.23. The summed E-state index contributed by atoms with van der Waals surface area (Å²) in [6.07, 6.45) is 0.860. The quantitative estimate of drug-likeness (QED) is 0.937. The van der Waals surface area contributed by atoms with Crippen LogP contribution in [-0.4, -0.2) is 16.5 Å². The first-order chi connectivity index (χ1) is 9.92. The fourth-order valence-corrected chi connectivity index (χ4v) is 2.41. The number of hydrogen-bond donors (Lipinski definition) is 1. The molecular formula is C16H19ClFN3. The van der Waals surface area contributed by atoms with Crippen molar-refractivity contribution in [3.05, 3.63) is 46.0 Å². The maximum absolute atomic E-state index is 13.2. The Morgan fingerprint density at radius 1 is 1.24 bits per heavy atom. The first kappa shape index (κ1) is 15.9. The standard InChI is InChI=1S/C16H19ClFN3/c1-9(8-19)6-13-10(2)20-16(21-11(13)3)12-4-5-15(18)14(17)7-12/h4-5,7,9H,6,8,19H2,1-3H3. The maximum atomic E-state index is 13.2. The molecule has 0 saturated heterocycles. The Labute approximate surface area is 129 Å². The predicted molar refractivity (Wildman–Crippen MR) is 83.8 cm³/mol. The van der Waals surface area contributed by atoms with Crippen LogP contribution in [0.1, 0.15) is 23.9 Å². The van der Waals surface area contributed by atoms with Gasteiger partial charge in [0.15, 0.2) is 5.82 Å². The highest BCUT2D eigenvalue weighted by molar-refractivity contribution is 6.31. The summed E-state index contributed by atoms with van der Waals surface area (Å²) in [4.78, 5) is 9.06. The molecule has 2 aromatic rings. The second kappa shape index (κ2) is 6.50. The van der Waals surface area contributed by atoms with E-state index in [0.717, 1.165) is 23.4 Å². The summed E-state index contributed by atoms with van der Waals surface area (Å²) in [7, 11) is 0. The molecule has 0 amide bonds. The second-order valence-corrected chi connectivity index (χ2v) is 5.78. The van der Waals surface area contributed by atoms with Gasteiger partial charge in [-0.15, -0.1) is 0 Å². The van der Waals surface area contributed by atoms with Crippen LogP contribution in [0.4, 0.5) is 4.39 Å². The van der Waals surface area contributed by atoms with Gasteiger partial charge in [0.1, 0.15) is 5.82 Å². The van der Waals surface area contributed by atoms with Crippen LogP contribution in [-0.2, 0) is 6.42 Å². The largest absolute Gasteiger partial charge is 0.330 e. The number of halogens is 2. The number of aryl methyl sites for hydroxylation is 2. The van der Waals surface area contributed by atoms with E-state index in [1.54, 1.807) is 12.1 Å². The molecule has 1 aromatic carbocycles. The van der Waals surface area contributed by atoms with Gasteiger partial charge < -0.3 is 5.73 Å². The minimum atomic E-state index is -0.442. The van der Waals surface area contributed by atoms with Crippen molar-refractivity contribution < 1.29 is 4.39 Å². The zero-order chi connectivity index (χ0) is 15.6. The van der Waals surface area contributed by atoms with Gasteiger partial charge in [0.2, 0.25) is 0 Å². The van der Waals surface area contributed by atoms with Crippen molar-refractivity contribution >= 4 is 11.6 Å². The van der Waals surface area contributed by atoms with E-state index in [2.05, 4.69) is 16.9 Å². The number of nitrogens with two attached hydrogens (primary N) is 1. The van der Waals surface area contributed by atoms with Crippen molar-refractivity contribution in [2.45, 2.75) is 27.2 Å². The van der Waals surface area contributed by atoms with E-state index in [1.165, 1.54) is 6.07 Å². The lowest BCUT2D eigenvalue weighted by molar-refractivity contribution is 0.586. The van der Waals surface area contributed by atoms with E-state index in [4.69, 9.17) is 17.3 Å². The molecule has 5 heteroatoms. The number of nitrogens with zero attached hydrogens (tertiary/aromatic N) is 2. The third-order valence-electron chi connectivity index (χ3n) is 3.55. The number of aromatic nitrogens is 2. The Kier molecular flexibility index (Phi) is 4.91. The third-order valence-corrected chi connectivity index (χ3v) is 3.84. The van der Waals surface area contributed by atoms with Crippen LogP contribution in [0, 0.1) is 25.6 Å². The molecule has 0 radical (unpaired) electrons. The molecule has 0 saturated carbocycles. The molecule has 0 bridgehead atoms. The van der Waals surface area contributed by atoms with Gasteiger partial charge in [-0.05, 0) is 56.5 Å². The van der Waals surface area contributed by atoms with Crippen LogP contribution in [0.5, 0.6) is 0 Å². The van der Waals surface area contributed by atoms with E-state index < -0.39 is 5.82 Å². The lowest BCUT2D eigenvalue weighted by Crippen LogP contribution is -2.15. The average Bonchev–Trinajstić information content (AvgIpc) is 2.45. The highest BCUT2D eigenvalue weighted by Crippen LogP contribution is 2.24. The van der Waals surface area contributed by atoms with Crippen molar-refractivity contribution in [3.63, 3.8) is 0 Å². The highest BCUT2D eigenvalue weighted by Gasteiger charge is 2.13. The Bertz CT molecular complexity index is 635. The zero-order valence-corrected chi connectivity index (χ0v) is 13.2. The SMILES string of the molecule is Cc1nc(-c2ccc(F)c(Cl)c2)nc(C)c1CC(C)CN. The van der Waals surface area contributed by atoms with Crippen LogP contribution in [0.2, 0.25) is 5.02 Å². The molecule has 1 aromatic heterocycles. The van der Waals surface area contributed by atoms with Gasteiger partial charge in [0, 0.05) is 17.0 Å². The van der Waals surface area contributed by atoms with Crippen molar-refractivity contribution in [1.29, 1.82) is 0 Å². The monoisotopic (exact) mass is 307 g/mol. The summed E-state index contributed by atoms with van der Waals surface area (Å²) >= 11 is 5.82. The maximum Gasteiger partial charge on any atom is 0.159 e. The van der Waals surface area contributed by atoms with Crippen molar-refractivity contribution in [2.75, 3.05) is 6.54 Å². The van der Waals surface area contributed by atoms with Crippen molar-refractivity contribution in [2.24, 2.45) is 11.7 Å². The van der Waals surface area contributed by atoms with E-state index in [0.29, 0.717) is 23.9 Å². The first-order valence-electron chi connectivity index (χ1n) is 6.92. The van der Waals surface area contributed by atoms with E-state index >= 15 is 0 Å². The summed E-state index contributed by atoms with van der Waals surface area (Å²) in [5.41, 5.74) is 9.38. The molecule has 1 atom stereocenters. The van der Waals surface area contributed by atoms with Crippen LogP contribution < -0.4 is 5.73 Å². The third kappa shape index (κ3) is 3.57. The summed E-state index contributed by atoms with van der Waals surface area (Å²) in [6.45, 7) is 6.66. The molecule has 0 aliphatic carbocycles. The molecule has 0 aliphatic heterocycles. The van der Waals surface area contributed by atoms with Crippen LogP contribution in [0.15, 0.2) is 18.2 Å². The minimum absolute atomic E-state index is 0.0761. The second-order valence-electron chi connectivity index (χ2n) is 5.37. The molecule has 0 spiro atoms. The molecule has 112 valence electrons. The average molecular weight is 308 g/mol. The number of rotatable bonds is 4. The Morgan fingerprint density at radius 2 is 1.86 bits per heavy atom. The Balaban J connectivity index is 2.41. The minimum Gasteiger partial charge on any atom is -0.330 e. The Hall–Kier alpha value is -1.52. The Morgan fingerprint density at radius 3 is 2.38 bits per heavy atom. The predicted octanol–water partition coefficient (Wildman–Crippen LogP) is 3.69. The molecule has 0 aliphatic rings. The fraction of sp³-hybridized carbons (Fsp3) is 0.375. The summed E-state index contributed by atoms with van der Waals surface area (Å²) < 4.78 is 13.2. The van der Waals surface area contributed by atoms with E-state index in [1.807, 2.05) is 13.8 Å². The molecule has 1 unspecified atom stereocenters. The zero-order valence-electron chi connectivity index (χ0n) is 12.5. The van der Waals surface area contributed by atoms with Crippen molar-refractivity contribution in [1.82, 2.24) is 9.97 Å². The van der Waals surface area contributed by atoms with E-state index in [-0.39, 0.29) is 5.02 Å². The number of benzene rings is 1. The normalized spacial score (nSPS) is 12.5. The molecule has 0 fully saturated rings. The molecule has 3 nitrogen and oxygen atoms in total. The lowest BCUT2D eigenvalue weighted by Gasteiger charge is -2.14. The van der Waals surface area contributed by atoms with Gasteiger partial charge in [-0.1, -0.05) is 18.5 Å². The van der Waals surface area contributed by atoms with Gasteiger partial charge in [-0.25, -0.2) is 14.4 Å². The smallest absolute Gasteiger partial charge is 0.159 e. The number of hydrogen-bond acceptors (Lipinski definition) is 3. The summed E-state index contributed by atoms with van der Waals surface area (Å²) in [5.74, 6) is 0.510. The molecule has 2 N–H and O–H groups in total. The van der Waals surface area contributed by atoms with Gasteiger partial charge in [-0.2, -0.15) is 0 Å².